The summed E-state index contributed by atoms with van der Waals surface area (Å²) in [5.74, 6) is 0. The highest BCUT2D eigenvalue weighted by Crippen LogP contribution is 2.16. The van der Waals surface area contributed by atoms with Crippen molar-refractivity contribution in [2.45, 2.75) is 44.2 Å². The quantitative estimate of drug-likeness (QED) is 0.617. The van der Waals surface area contributed by atoms with Gasteiger partial charge in [0, 0.05) is 12.1 Å². The lowest BCUT2D eigenvalue weighted by Crippen LogP contribution is -2.31. The van der Waals surface area contributed by atoms with E-state index in [0.717, 1.165) is 12.1 Å². The monoisotopic (exact) mass is 154 g/mol. The minimum atomic E-state index is 0.825. The second-order valence-electron chi connectivity index (χ2n) is 3.82. The Morgan fingerprint density at radius 1 is 0.909 bits per heavy atom. The average molecular weight is 154 g/mol. The molecule has 0 spiro atoms. The third-order valence-electron chi connectivity index (χ3n) is 2.89. The van der Waals surface area contributed by atoms with Gasteiger partial charge in [0.25, 0.3) is 0 Å². The molecule has 0 aromatic carbocycles. The number of hydrogen-bond acceptors (Lipinski definition) is 2. The van der Waals surface area contributed by atoms with Crippen molar-refractivity contribution >= 4 is 0 Å². The summed E-state index contributed by atoms with van der Waals surface area (Å²) in [5.41, 5.74) is 0. The maximum absolute atomic E-state index is 3.54. The van der Waals surface area contributed by atoms with Gasteiger partial charge < -0.3 is 10.6 Å². The predicted octanol–water partition coefficient (Wildman–Crippen LogP) is 0.881. The second kappa shape index (κ2) is 3.55. The van der Waals surface area contributed by atoms with E-state index in [1.165, 1.54) is 45.2 Å². The Hall–Kier alpha value is -0.0800. The number of hydrogen-bond donors (Lipinski definition) is 2. The van der Waals surface area contributed by atoms with Crippen molar-refractivity contribution in [3.05, 3.63) is 0 Å². The standard InChI is InChI=1S/C9H18N2/c1-3-8(10-5-1)7-9-4-2-6-11-9/h8-11H,1-7H2/t8-,9?/m0/s1. The molecule has 2 heteroatoms. The van der Waals surface area contributed by atoms with Gasteiger partial charge >= 0.3 is 0 Å². The van der Waals surface area contributed by atoms with Gasteiger partial charge in [-0.1, -0.05) is 0 Å². The van der Waals surface area contributed by atoms with E-state index in [9.17, 15) is 0 Å². The molecule has 1 unspecified atom stereocenters. The van der Waals surface area contributed by atoms with Gasteiger partial charge in [-0.25, -0.2) is 0 Å². The lowest BCUT2D eigenvalue weighted by Gasteiger charge is -2.15. The zero-order chi connectivity index (χ0) is 7.52. The summed E-state index contributed by atoms with van der Waals surface area (Å²) < 4.78 is 0. The molecule has 0 aromatic rings. The van der Waals surface area contributed by atoms with E-state index in [1.807, 2.05) is 0 Å². The largest absolute Gasteiger partial charge is 0.314 e. The molecule has 2 fully saturated rings. The lowest BCUT2D eigenvalue weighted by molar-refractivity contribution is 0.460. The minimum absolute atomic E-state index is 0.825. The summed E-state index contributed by atoms with van der Waals surface area (Å²) in [6.07, 6.45) is 6.94. The smallest absolute Gasteiger partial charge is 0.00823 e. The third kappa shape index (κ3) is 1.94. The summed E-state index contributed by atoms with van der Waals surface area (Å²) in [6.45, 7) is 2.49. The van der Waals surface area contributed by atoms with Gasteiger partial charge in [0.2, 0.25) is 0 Å². The summed E-state index contributed by atoms with van der Waals surface area (Å²) in [4.78, 5) is 0. The first-order chi connectivity index (χ1) is 5.45. The van der Waals surface area contributed by atoms with E-state index in [2.05, 4.69) is 10.6 Å². The van der Waals surface area contributed by atoms with E-state index >= 15 is 0 Å². The van der Waals surface area contributed by atoms with Crippen molar-refractivity contribution in [1.82, 2.24) is 10.6 Å². The van der Waals surface area contributed by atoms with Crippen LogP contribution in [0.5, 0.6) is 0 Å². The van der Waals surface area contributed by atoms with Gasteiger partial charge in [-0.2, -0.15) is 0 Å². The Labute approximate surface area is 68.7 Å². The van der Waals surface area contributed by atoms with Crippen molar-refractivity contribution in [1.29, 1.82) is 0 Å². The lowest BCUT2D eigenvalue weighted by atomic mass is 10.0. The highest BCUT2D eigenvalue weighted by molar-refractivity contribution is 4.83. The van der Waals surface area contributed by atoms with E-state index < -0.39 is 0 Å². The van der Waals surface area contributed by atoms with Crippen LogP contribution >= 0.6 is 0 Å². The molecule has 11 heavy (non-hydrogen) atoms. The van der Waals surface area contributed by atoms with Crippen molar-refractivity contribution in [2.24, 2.45) is 0 Å². The summed E-state index contributed by atoms with van der Waals surface area (Å²) in [7, 11) is 0. The molecule has 2 aliphatic rings. The second-order valence-corrected chi connectivity index (χ2v) is 3.82. The van der Waals surface area contributed by atoms with Gasteiger partial charge in [0.05, 0.1) is 0 Å². The van der Waals surface area contributed by atoms with Gasteiger partial charge in [0.1, 0.15) is 0 Å². The van der Waals surface area contributed by atoms with Gasteiger partial charge in [0.15, 0.2) is 0 Å². The summed E-state index contributed by atoms with van der Waals surface area (Å²) >= 11 is 0. The van der Waals surface area contributed by atoms with Crippen molar-refractivity contribution < 1.29 is 0 Å². The van der Waals surface area contributed by atoms with Crippen LogP contribution in [-0.4, -0.2) is 25.2 Å². The maximum atomic E-state index is 3.54. The van der Waals surface area contributed by atoms with Gasteiger partial charge in [-0.05, 0) is 45.2 Å². The molecule has 0 radical (unpaired) electrons. The van der Waals surface area contributed by atoms with Crippen LogP contribution in [0.4, 0.5) is 0 Å². The molecule has 0 bridgehead atoms. The Morgan fingerprint density at radius 2 is 1.45 bits per heavy atom. The molecule has 64 valence electrons. The molecule has 0 saturated carbocycles. The van der Waals surface area contributed by atoms with Crippen molar-refractivity contribution in [3.63, 3.8) is 0 Å². The molecule has 0 aliphatic carbocycles. The highest BCUT2D eigenvalue weighted by Gasteiger charge is 2.21. The fourth-order valence-electron chi connectivity index (χ4n) is 2.26. The molecule has 2 atom stereocenters. The van der Waals surface area contributed by atoms with Crippen LogP contribution in [0.15, 0.2) is 0 Å². The SMILES string of the molecule is C1CNC(C[C@@H]2CCCN2)C1. The first-order valence-corrected chi connectivity index (χ1v) is 4.92. The number of nitrogens with one attached hydrogen (secondary N) is 2. The van der Waals surface area contributed by atoms with E-state index in [4.69, 9.17) is 0 Å². The summed E-state index contributed by atoms with van der Waals surface area (Å²) in [5, 5.41) is 7.09. The first kappa shape index (κ1) is 7.56. The van der Waals surface area contributed by atoms with Gasteiger partial charge in [-0.15, -0.1) is 0 Å². The topological polar surface area (TPSA) is 24.1 Å². The Kier molecular flexibility index (Phi) is 2.44. The fraction of sp³-hybridized carbons (Fsp3) is 1.00. The normalized spacial score (nSPS) is 38.2. The van der Waals surface area contributed by atoms with E-state index in [1.54, 1.807) is 0 Å². The summed E-state index contributed by atoms with van der Waals surface area (Å²) in [6, 6.07) is 1.65. The number of rotatable bonds is 2. The average Bonchev–Trinajstić information content (AvgIpc) is 2.60. The zero-order valence-electron chi connectivity index (χ0n) is 7.10. The van der Waals surface area contributed by atoms with Crippen LogP contribution in [0.2, 0.25) is 0 Å². The van der Waals surface area contributed by atoms with E-state index in [-0.39, 0.29) is 0 Å². The van der Waals surface area contributed by atoms with E-state index in [0.29, 0.717) is 0 Å². The molecule has 0 aromatic heterocycles. The molecule has 0 amide bonds. The highest BCUT2D eigenvalue weighted by atomic mass is 15.0. The van der Waals surface area contributed by atoms with Crippen LogP contribution in [0.1, 0.15) is 32.1 Å². The Bertz CT molecular complexity index is 98.7. The van der Waals surface area contributed by atoms with Crippen LogP contribution in [-0.2, 0) is 0 Å². The minimum Gasteiger partial charge on any atom is -0.314 e. The van der Waals surface area contributed by atoms with Crippen LogP contribution in [0, 0.1) is 0 Å². The Balaban J connectivity index is 1.71. The predicted molar refractivity (Wildman–Crippen MR) is 46.7 cm³/mol. The van der Waals surface area contributed by atoms with Gasteiger partial charge in [-0.3, -0.25) is 0 Å². The Morgan fingerprint density at radius 3 is 1.82 bits per heavy atom. The molecular weight excluding hydrogens is 136 g/mol. The molecule has 2 rings (SSSR count). The first-order valence-electron chi connectivity index (χ1n) is 4.92. The zero-order valence-corrected chi connectivity index (χ0v) is 7.10. The molecule has 2 nitrogen and oxygen atoms in total. The molecule has 2 aliphatic heterocycles. The maximum Gasteiger partial charge on any atom is 0.00823 e. The van der Waals surface area contributed by atoms with Crippen LogP contribution < -0.4 is 10.6 Å². The third-order valence-corrected chi connectivity index (χ3v) is 2.89. The van der Waals surface area contributed by atoms with Crippen LogP contribution in [0.25, 0.3) is 0 Å². The molecule has 2 saturated heterocycles. The van der Waals surface area contributed by atoms with Crippen molar-refractivity contribution in [3.8, 4) is 0 Å². The fourth-order valence-corrected chi connectivity index (χ4v) is 2.26. The molecule has 2 N–H and O–H groups in total. The van der Waals surface area contributed by atoms with Crippen LogP contribution in [0.3, 0.4) is 0 Å². The molecular formula is C9H18N2. The van der Waals surface area contributed by atoms with Crippen molar-refractivity contribution in [2.75, 3.05) is 13.1 Å². The molecule has 2 heterocycles.